The highest BCUT2D eigenvalue weighted by Gasteiger charge is 2.18. The Balaban J connectivity index is 2.32. The van der Waals surface area contributed by atoms with Gasteiger partial charge < -0.3 is 14.8 Å². The average Bonchev–Trinajstić information content (AvgIpc) is 2.55. The molecule has 0 aliphatic rings. The van der Waals surface area contributed by atoms with E-state index in [9.17, 15) is 14.0 Å². The van der Waals surface area contributed by atoms with E-state index in [2.05, 4.69) is 10.1 Å². The van der Waals surface area contributed by atoms with Gasteiger partial charge in [-0.2, -0.15) is 0 Å². The summed E-state index contributed by atoms with van der Waals surface area (Å²) in [6.45, 7) is 0. The number of halogens is 2. The monoisotopic (exact) mass is 337 g/mol. The zero-order valence-corrected chi connectivity index (χ0v) is 13.1. The van der Waals surface area contributed by atoms with Gasteiger partial charge >= 0.3 is 5.97 Å². The maximum absolute atomic E-state index is 13.9. The molecule has 0 atom stereocenters. The summed E-state index contributed by atoms with van der Waals surface area (Å²) < 4.78 is 23.4. The predicted octanol–water partition coefficient (Wildman–Crippen LogP) is 3.53. The minimum atomic E-state index is -0.740. The number of methoxy groups -OCH3 is 2. The minimum absolute atomic E-state index is 0.0715. The Hall–Kier alpha value is -2.60. The summed E-state index contributed by atoms with van der Waals surface area (Å²) in [5.74, 6) is -1.83. The number of ether oxygens (including phenoxy) is 2. The smallest absolute Gasteiger partial charge is 0.340 e. The summed E-state index contributed by atoms with van der Waals surface area (Å²) in [5, 5.41) is 2.77. The summed E-state index contributed by atoms with van der Waals surface area (Å²) in [4.78, 5) is 23.9. The van der Waals surface area contributed by atoms with Crippen LogP contribution in [0.1, 0.15) is 20.7 Å². The second-order valence-electron chi connectivity index (χ2n) is 4.48. The van der Waals surface area contributed by atoms with Crippen molar-refractivity contribution in [2.45, 2.75) is 0 Å². The molecule has 120 valence electrons. The molecule has 2 aromatic carbocycles. The van der Waals surface area contributed by atoms with Gasteiger partial charge in [-0.1, -0.05) is 11.6 Å². The quantitative estimate of drug-likeness (QED) is 0.867. The van der Waals surface area contributed by atoms with Crippen LogP contribution in [0, 0.1) is 5.82 Å². The SMILES string of the molecule is COC(=O)c1cc(Cl)ccc1NC(=O)c1ccc(OC)cc1F. The van der Waals surface area contributed by atoms with Crippen molar-refractivity contribution in [3.63, 3.8) is 0 Å². The first kappa shape index (κ1) is 16.8. The molecule has 0 bridgehead atoms. The Morgan fingerprint density at radius 1 is 1.09 bits per heavy atom. The maximum Gasteiger partial charge on any atom is 0.340 e. The van der Waals surface area contributed by atoms with Crippen molar-refractivity contribution >= 4 is 29.2 Å². The van der Waals surface area contributed by atoms with Crippen LogP contribution < -0.4 is 10.1 Å². The molecule has 0 fully saturated rings. The third kappa shape index (κ3) is 3.78. The van der Waals surface area contributed by atoms with Crippen molar-refractivity contribution in [2.75, 3.05) is 19.5 Å². The molecular formula is C16H13ClFNO4. The number of carbonyl (C=O) groups is 2. The number of carbonyl (C=O) groups excluding carboxylic acids is 2. The Bertz CT molecular complexity index is 764. The number of hydrogen-bond donors (Lipinski definition) is 1. The zero-order chi connectivity index (χ0) is 17.0. The summed E-state index contributed by atoms with van der Waals surface area (Å²) in [7, 11) is 2.60. The highest BCUT2D eigenvalue weighted by atomic mass is 35.5. The van der Waals surface area contributed by atoms with Gasteiger partial charge in [-0.15, -0.1) is 0 Å². The van der Waals surface area contributed by atoms with Crippen LogP contribution >= 0.6 is 11.6 Å². The van der Waals surface area contributed by atoms with E-state index in [0.29, 0.717) is 10.8 Å². The molecule has 1 N–H and O–H groups in total. The molecule has 1 amide bonds. The lowest BCUT2D eigenvalue weighted by molar-refractivity contribution is 0.0602. The van der Waals surface area contributed by atoms with E-state index < -0.39 is 17.7 Å². The first-order chi connectivity index (χ1) is 11.0. The molecule has 0 spiro atoms. The number of amides is 1. The molecule has 0 unspecified atom stereocenters. The average molecular weight is 338 g/mol. The fourth-order valence-corrected chi connectivity index (χ4v) is 2.07. The summed E-state index contributed by atoms with van der Waals surface area (Å²) >= 11 is 5.84. The van der Waals surface area contributed by atoms with Gasteiger partial charge in [0.25, 0.3) is 5.91 Å². The van der Waals surface area contributed by atoms with Gasteiger partial charge in [-0.05, 0) is 30.3 Å². The van der Waals surface area contributed by atoms with Gasteiger partial charge in [0.15, 0.2) is 0 Å². The Morgan fingerprint density at radius 3 is 2.43 bits per heavy atom. The largest absolute Gasteiger partial charge is 0.497 e. The van der Waals surface area contributed by atoms with Crippen LogP contribution in [0.5, 0.6) is 5.75 Å². The second-order valence-corrected chi connectivity index (χ2v) is 4.92. The molecule has 2 rings (SSSR count). The summed E-state index contributed by atoms with van der Waals surface area (Å²) in [6, 6.07) is 8.13. The lowest BCUT2D eigenvalue weighted by atomic mass is 10.1. The molecule has 0 radical (unpaired) electrons. The number of anilines is 1. The molecule has 0 saturated heterocycles. The molecule has 0 heterocycles. The number of esters is 1. The van der Waals surface area contributed by atoms with Gasteiger partial charge in [0.1, 0.15) is 11.6 Å². The lowest BCUT2D eigenvalue weighted by Crippen LogP contribution is -2.16. The van der Waals surface area contributed by atoms with Crippen molar-refractivity contribution in [1.82, 2.24) is 0 Å². The maximum atomic E-state index is 13.9. The molecule has 0 aromatic heterocycles. The van der Waals surface area contributed by atoms with Crippen molar-refractivity contribution in [2.24, 2.45) is 0 Å². The van der Waals surface area contributed by atoms with Crippen LogP contribution in [0.25, 0.3) is 0 Å². The molecule has 0 aliphatic carbocycles. The fourth-order valence-electron chi connectivity index (χ4n) is 1.90. The number of nitrogens with one attached hydrogen (secondary N) is 1. The van der Waals surface area contributed by atoms with E-state index >= 15 is 0 Å². The summed E-state index contributed by atoms with van der Waals surface area (Å²) in [5.41, 5.74) is 0.0558. The first-order valence-electron chi connectivity index (χ1n) is 6.49. The van der Waals surface area contributed by atoms with Crippen molar-refractivity contribution in [1.29, 1.82) is 0 Å². The van der Waals surface area contributed by atoms with Crippen molar-refractivity contribution in [3.8, 4) is 5.75 Å². The fraction of sp³-hybridized carbons (Fsp3) is 0.125. The van der Waals surface area contributed by atoms with Gasteiger partial charge in [-0.25, -0.2) is 9.18 Å². The standard InChI is InChI=1S/C16H13ClFNO4/c1-22-10-4-5-11(13(18)8-10)15(20)19-14-6-3-9(17)7-12(14)16(21)23-2/h3-8H,1-2H3,(H,19,20). The van der Waals surface area contributed by atoms with Crippen molar-refractivity contribution < 1.29 is 23.5 Å². The van der Waals surface area contributed by atoms with Gasteiger partial charge in [0.05, 0.1) is 31.0 Å². The van der Waals surface area contributed by atoms with E-state index in [1.54, 1.807) is 0 Å². The van der Waals surface area contributed by atoms with Crippen LogP contribution in [0.3, 0.4) is 0 Å². The lowest BCUT2D eigenvalue weighted by Gasteiger charge is -2.11. The van der Waals surface area contributed by atoms with Gasteiger partial charge in [-0.3, -0.25) is 4.79 Å². The Kier molecular flexibility index (Phi) is 5.18. The van der Waals surface area contributed by atoms with Crippen molar-refractivity contribution in [3.05, 3.63) is 58.4 Å². The Morgan fingerprint density at radius 2 is 1.83 bits per heavy atom. The predicted molar refractivity (Wildman–Crippen MR) is 83.7 cm³/mol. The van der Waals surface area contributed by atoms with Crippen LogP contribution in [0.4, 0.5) is 10.1 Å². The van der Waals surface area contributed by atoms with Gasteiger partial charge in [0.2, 0.25) is 0 Å². The van der Waals surface area contributed by atoms with E-state index in [-0.39, 0.29) is 16.8 Å². The third-order valence-electron chi connectivity index (χ3n) is 3.06. The molecule has 2 aromatic rings. The highest BCUT2D eigenvalue weighted by Crippen LogP contribution is 2.23. The second kappa shape index (κ2) is 7.11. The van der Waals surface area contributed by atoms with Crippen LogP contribution in [0.15, 0.2) is 36.4 Å². The Labute approximate surface area is 137 Å². The van der Waals surface area contributed by atoms with Gasteiger partial charge in [0, 0.05) is 11.1 Å². The third-order valence-corrected chi connectivity index (χ3v) is 3.29. The normalized spacial score (nSPS) is 10.1. The summed E-state index contributed by atoms with van der Waals surface area (Å²) in [6.07, 6.45) is 0. The van der Waals surface area contributed by atoms with Crippen LogP contribution in [-0.2, 0) is 4.74 Å². The molecule has 23 heavy (non-hydrogen) atoms. The molecular weight excluding hydrogens is 325 g/mol. The number of hydrogen-bond acceptors (Lipinski definition) is 4. The topological polar surface area (TPSA) is 64.6 Å². The molecule has 0 aliphatic heterocycles. The number of benzene rings is 2. The van der Waals surface area contributed by atoms with E-state index in [1.165, 1.54) is 44.6 Å². The van der Waals surface area contributed by atoms with E-state index in [0.717, 1.165) is 6.07 Å². The minimum Gasteiger partial charge on any atom is -0.497 e. The van der Waals surface area contributed by atoms with Crippen LogP contribution in [0.2, 0.25) is 5.02 Å². The first-order valence-corrected chi connectivity index (χ1v) is 6.86. The molecule has 5 nitrogen and oxygen atoms in total. The zero-order valence-electron chi connectivity index (χ0n) is 12.4. The molecule has 7 heteroatoms. The number of rotatable bonds is 4. The van der Waals surface area contributed by atoms with Crippen LogP contribution in [-0.4, -0.2) is 26.1 Å². The van der Waals surface area contributed by atoms with E-state index in [1.807, 2.05) is 0 Å². The highest BCUT2D eigenvalue weighted by molar-refractivity contribution is 6.31. The van der Waals surface area contributed by atoms with E-state index in [4.69, 9.17) is 16.3 Å². The molecule has 0 saturated carbocycles.